The van der Waals surface area contributed by atoms with Gasteiger partial charge in [-0.15, -0.1) is 0 Å². The minimum absolute atomic E-state index is 0.0390. The molecule has 4 aromatic rings. The summed E-state index contributed by atoms with van der Waals surface area (Å²) in [5, 5.41) is 13.3. The average Bonchev–Trinajstić information content (AvgIpc) is 2.87. The van der Waals surface area contributed by atoms with Gasteiger partial charge in [-0.05, 0) is 53.2 Å². The lowest BCUT2D eigenvalue weighted by Gasteiger charge is -2.26. The van der Waals surface area contributed by atoms with Crippen molar-refractivity contribution in [3.05, 3.63) is 107 Å². The lowest BCUT2D eigenvalue weighted by Crippen LogP contribution is -2.54. The minimum Gasteiger partial charge on any atom is -0.508 e. The fourth-order valence-electron chi connectivity index (χ4n) is 3.96. The van der Waals surface area contributed by atoms with E-state index < -0.39 is 23.7 Å². The van der Waals surface area contributed by atoms with E-state index in [4.69, 9.17) is 4.74 Å². The maximum absolute atomic E-state index is 14.1. The summed E-state index contributed by atoms with van der Waals surface area (Å²) in [6.45, 7) is -0.0700. The molecule has 2 N–H and O–H groups in total. The molecule has 1 aliphatic heterocycles. The monoisotopic (exact) mass is 482 g/mol. The van der Waals surface area contributed by atoms with Crippen molar-refractivity contribution in [2.24, 2.45) is 0 Å². The quantitative estimate of drug-likeness (QED) is 0.311. The van der Waals surface area contributed by atoms with E-state index in [0.29, 0.717) is 22.3 Å². The predicted octanol–water partition coefficient (Wildman–Crippen LogP) is 4.93. The molecule has 1 aliphatic rings. The zero-order valence-electron chi connectivity index (χ0n) is 18.8. The van der Waals surface area contributed by atoms with Gasteiger partial charge in [0.2, 0.25) is 0 Å². The van der Waals surface area contributed by atoms with Crippen molar-refractivity contribution in [1.82, 2.24) is 5.32 Å². The van der Waals surface area contributed by atoms with Crippen LogP contribution in [0.4, 0.5) is 14.9 Å². The van der Waals surface area contributed by atoms with Gasteiger partial charge in [0.25, 0.3) is 11.8 Å². The first-order valence-corrected chi connectivity index (χ1v) is 11.0. The summed E-state index contributed by atoms with van der Waals surface area (Å²) >= 11 is 0. The Hall–Kier alpha value is -4.98. The van der Waals surface area contributed by atoms with Crippen molar-refractivity contribution in [2.75, 3.05) is 4.90 Å². The van der Waals surface area contributed by atoms with Gasteiger partial charge in [-0.3, -0.25) is 14.9 Å². The largest absolute Gasteiger partial charge is 0.508 e. The average molecular weight is 482 g/mol. The number of carbonyl (C=O) groups is 3. The number of amides is 4. The van der Waals surface area contributed by atoms with Crippen LogP contribution in [-0.2, 0) is 16.2 Å². The molecule has 178 valence electrons. The van der Waals surface area contributed by atoms with Gasteiger partial charge in [0.1, 0.15) is 29.5 Å². The van der Waals surface area contributed by atoms with Crippen LogP contribution < -0.4 is 15.0 Å². The van der Waals surface area contributed by atoms with Crippen LogP contribution in [0.15, 0.2) is 90.5 Å². The zero-order chi connectivity index (χ0) is 25.2. The molecule has 0 atom stereocenters. The first-order valence-electron chi connectivity index (χ1n) is 11.0. The Bertz CT molecular complexity index is 1550. The van der Waals surface area contributed by atoms with Crippen LogP contribution in [0.1, 0.15) is 11.1 Å². The van der Waals surface area contributed by atoms with E-state index in [1.54, 1.807) is 30.3 Å². The number of anilines is 1. The van der Waals surface area contributed by atoms with Gasteiger partial charge < -0.3 is 9.84 Å². The van der Waals surface area contributed by atoms with Crippen LogP contribution in [0.5, 0.6) is 11.5 Å². The van der Waals surface area contributed by atoms with Crippen LogP contribution in [-0.4, -0.2) is 23.0 Å². The number of phenols is 1. The molecule has 1 heterocycles. The Balaban J connectivity index is 1.59. The molecule has 1 fully saturated rings. The number of halogens is 1. The molecule has 0 bridgehead atoms. The number of hydrogen-bond acceptors (Lipinski definition) is 5. The Morgan fingerprint density at radius 2 is 1.61 bits per heavy atom. The maximum atomic E-state index is 14.1. The Kier molecular flexibility index (Phi) is 5.92. The summed E-state index contributed by atoms with van der Waals surface area (Å²) in [7, 11) is 0. The predicted molar refractivity (Wildman–Crippen MR) is 132 cm³/mol. The molecule has 0 radical (unpaired) electrons. The van der Waals surface area contributed by atoms with E-state index in [9.17, 15) is 23.9 Å². The number of imide groups is 2. The number of aromatic hydroxyl groups is 1. The molecule has 0 aliphatic carbocycles. The molecule has 0 unspecified atom stereocenters. The van der Waals surface area contributed by atoms with Crippen LogP contribution in [0.3, 0.4) is 0 Å². The number of ether oxygens (including phenoxy) is 1. The topological polar surface area (TPSA) is 95.9 Å². The molecule has 4 aromatic carbocycles. The van der Waals surface area contributed by atoms with Gasteiger partial charge in [0.05, 0.1) is 5.69 Å². The summed E-state index contributed by atoms with van der Waals surface area (Å²) < 4.78 is 20.1. The van der Waals surface area contributed by atoms with E-state index in [2.05, 4.69) is 5.32 Å². The smallest absolute Gasteiger partial charge is 0.335 e. The minimum atomic E-state index is -0.901. The molecule has 0 saturated carbocycles. The number of carbonyl (C=O) groups excluding carboxylic acids is 3. The summed E-state index contributed by atoms with van der Waals surface area (Å²) in [6, 6.07) is 21.6. The van der Waals surface area contributed by atoms with Crippen molar-refractivity contribution >= 4 is 40.4 Å². The van der Waals surface area contributed by atoms with E-state index in [-0.39, 0.29) is 23.6 Å². The summed E-state index contributed by atoms with van der Waals surface area (Å²) in [6.07, 6.45) is 1.37. The fourth-order valence-corrected chi connectivity index (χ4v) is 3.96. The van der Waals surface area contributed by atoms with Crippen molar-refractivity contribution in [3.8, 4) is 11.5 Å². The number of hydrogen-bond donors (Lipinski definition) is 2. The van der Waals surface area contributed by atoms with Crippen LogP contribution in [0, 0.1) is 5.82 Å². The SMILES string of the molecule is O=C1NC(=O)N(c2ccc(O)cc2)C(=O)C1=Cc1c(OCc2ccccc2F)ccc2ccccc12. The second kappa shape index (κ2) is 9.34. The zero-order valence-corrected chi connectivity index (χ0v) is 18.8. The Labute approximate surface area is 205 Å². The van der Waals surface area contributed by atoms with Gasteiger partial charge in [-0.25, -0.2) is 14.1 Å². The molecule has 36 heavy (non-hydrogen) atoms. The second-order valence-electron chi connectivity index (χ2n) is 8.05. The van der Waals surface area contributed by atoms with E-state index in [1.165, 1.54) is 36.4 Å². The molecule has 1 saturated heterocycles. The highest BCUT2D eigenvalue weighted by molar-refractivity contribution is 6.39. The highest BCUT2D eigenvalue weighted by Gasteiger charge is 2.37. The molecular formula is C28H19FN2O5. The number of phenolic OH excluding ortho intramolecular Hbond substituents is 1. The highest BCUT2D eigenvalue weighted by Crippen LogP contribution is 2.32. The van der Waals surface area contributed by atoms with Crippen LogP contribution in [0.2, 0.25) is 0 Å². The van der Waals surface area contributed by atoms with E-state index in [1.807, 2.05) is 24.3 Å². The van der Waals surface area contributed by atoms with Crippen molar-refractivity contribution in [1.29, 1.82) is 0 Å². The summed E-state index contributed by atoms with van der Waals surface area (Å²) in [5.41, 5.74) is 0.681. The molecular weight excluding hydrogens is 463 g/mol. The number of benzene rings is 4. The number of nitrogens with zero attached hydrogens (tertiary/aromatic N) is 1. The summed E-state index contributed by atoms with van der Waals surface area (Å²) in [4.78, 5) is 39.4. The first-order chi connectivity index (χ1) is 17.4. The van der Waals surface area contributed by atoms with Crippen LogP contribution >= 0.6 is 0 Å². The number of barbiturate groups is 1. The Morgan fingerprint density at radius 1 is 0.889 bits per heavy atom. The fraction of sp³-hybridized carbons (Fsp3) is 0.0357. The third kappa shape index (κ3) is 4.27. The maximum Gasteiger partial charge on any atom is 0.335 e. The third-order valence-electron chi connectivity index (χ3n) is 5.77. The van der Waals surface area contributed by atoms with E-state index in [0.717, 1.165) is 10.3 Å². The third-order valence-corrected chi connectivity index (χ3v) is 5.77. The van der Waals surface area contributed by atoms with Crippen molar-refractivity contribution < 1.29 is 28.6 Å². The lowest BCUT2D eigenvalue weighted by atomic mass is 9.99. The molecule has 0 aromatic heterocycles. The van der Waals surface area contributed by atoms with Gasteiger partial charge in [-0.1, -0.05) is 48.5 Å². The molecule has 4 amide bonds. The van der Waals surface area contributed by atoms with Crippen molar-refractivity contribution in [3.63, 3.8) is 0 Å². The Morgan fingerprint density at radius 3 is 2.39 bits per heavy atom. The van der Waals surface area contributed by atoms with Crippen molar-refractivity contribution in [2.45, 2.75) is 6.61 Å². The lowest BCUT2D eigenvalue weighted by molar-refractivity contribution is -0.122. The standard InChI is InChI=1S/C28H19FN2O5/c29-24-8-4-2-6-18(24)16-36-25-14-9-17-5-1-3-7-21(17)22(25)15-23-26(33)30-28(35)31(27(23)34)19-10-12-20(32)13-11-19/h1-15,32H,16H2,(H,30,33,35). The number of rotatable bonds is 5. The van der Waals surface area contributed by atoms with Crippen LogP contribution in [0.25, 0.3) is 16.8 Å². The molecule has 8 heteroatoms. The second-order valence-corrected chi connectivity index (χ2v) is 8.05. The molecule has 5 rings (SSSR count). The highest BCUT2D eigenvalue weighted by atomic mass is 19.1. The molecule has 0 spiro atoms. The number of fused-ring (bicyclic) bond motifs is 1. The van der Waals surface area contributed by atoms with Gasteiger partial charge in [0, 0.05) is 11.1 Å². The number of nitrogens with one attached hydrogen (secondary N) is 1. The van der Waals surface area contributed by atoms with Gasteiger partial charge in [-0.2, -0.15) is 0 Å². The van der Waals surface area contributed by atoms with E-state index >= 15 is 0 Å². The van der Waals surface area contributed by atoms with Gasteiger partial charge in [0.15, 0.2) is 0 Å². The first kappa shape index (κ1) is 22.8. The summed E-state index contributed by atoms with van der Waals surface area (Å²) in [5.74, 6) is -1.81. The van der Waals surface area contributed by atoms with Gasteiger partial charge >= 0.3 is 6.03 Å². The molecule has 7 nitrogen and oxygen atoms in total. The number of urea groups is 1. The normalized spacial score (nSPS) is 14.9.